The van der Waals surface area contributed by atoms with Crippen LogP contribution in [0.5, 0.6) is 0 Å². The Morgan fingerprint density at radius 1 is 1.31 bits per heavy atom. The maximum absolute atomic E-state index is 11.4. The standard InChI is InChI=1S/C11H22N2O3/c1-5-6-12-10(16)13-8(7-9(14)15)11(2,3)4/h8H,5-7H2,1-4H3,(H,14,15)(H2,12,13,16). The van der Waals surface area contributed by atoms with Crippen LogP contribution in [0.15, 0.2) is 0 Å². The Morgan fingerprint density at radius 2 is 1.88 bits per heavy atom. The van der Waals surface area contributed by atoms with E-state index < -0.39 is 5.97 Å². The van der Waals surface area contributed by atoms with Gasteiger partial charge >= 0.3 is 12.0 Å². The third-order valence-electron chi connectivity index (χ3n) is 2.27. The maximum atomic E-state index is 11.4. The molecular formula is C11H22N2O3. The molecule has 0 aliphatic heterocycles. The van der Waals surface area contributed by atoms with Gasteiger partial charge in [-0.2, -0.15) is 0 Å². The van der Waals surface area contributed by atoms with Crippen molar-refractivity contribution in [3.63, 3.8) is 0 Å². The second-order valence-corrected chi connectivity index (χ2v) is 4.92. The van der Waals surface area contributed by atoms with E-state index in [1.807, 2.05) is 27.7 Å². The first kappa shape index (κ1) is 14.7. The fraction of sp³-hybridized carbons (Fsp3) is 0.818. The summed E-state index contributed by atoms with van der Waals surface area (Å²) in [5, 5.41) is 14.1. The van der Waals surface area contributed by atoms with E-state index in [4.69, 9.17) is 5.11 Å². The number of aliphatic carboxylic acids is 1. The van der Waals surface area contributed by atoms with Crippen LogP contribution in [0.25, 0.3) is 0 Å². The van der Waals surface area contributed by atoms with Crippen molar-refractivity contribution in [2.45, 2.75) is 46.6 Å². The summed E-state index contributed by atoms with van der Waals surface area (Å²) in [5.41, 5.74) is -0.276. The van der Waals surface area contributed by atoms with Gasteiger partial charge in [0, 0.05) is 12.6 Å². The molecule has 16 heavy (non-hydrogen) atoms. The first-order valence-corrected chi connectivity index (χ1v) is 5.53. The van der Waals surface area contributed by atoms with Crippen molar-refractivity contribution in [2.75, 3.05) is 6.54 Å². The molecule has 0 saturated heterocycles. The minimum absolute atomic E-state index is 0.0664. The molecule has 0 spiro atoms. The van der Waals surface area contributed by atoms with E-state index in [0.29, 0.717) is 6.54 Å². The number of hydrogen-bond acceptors (Lipinski definition) is 2. The van der Waals surface area contributed by atoms with Crippen LogP contribution in [0.3, 0.4) is 0 Å². The Bertz CT molecular complexity index is 246. The maximum Gasteiger partial charge on any atom is 0.315 e. The van der Waals surface area contributed by atoms with Crippen LogP contribution in [-0.4, -0.2) is 29.7 Å². The molecule has 0 radical (unpaired) electrons. The molecule has 0 bridgehead atoms. The summed E-state index contributed by atoms with van der Waals surface area (Å²) < 4.78 is 0. The Labute approximate surface area is 96.6 Å². The van der Waals surface area contributed by atoms with Crippen LogP contribution < -0.4 is 10.6 Å². The van der Waals surface area contributed by atoms with E-state index in [-0.39, 0.29) is 23.9 Å². The normalized spacial score (nSPS) is 13.0. The van der Waals surface area contributed by atoms with Gasteiger partial charge in [-0.3, -0.25) is 4.79 Å². The predicted molar refractivity (Wildman–Crippen MR) is 62.3 cm³/mol. The van der Waals surface area contributed by atoms with Crippen LogP contribution in [0.4, 0.5) is 4.79 Å². The van der Waals surface area contributed by atoms with Crippen LogP contribution in [0.2, 0.25) is 0 Å². The minimum Gasteiger partial charge on any atom is -0.481 e. The second-order valence-electron chi connectivity index (χ2n) is 4.92. The number of urea groups is 1. The van der Waals surface area contributed by atoms with Gasteiger partial charge in [0.1, 0.15) is 0 Å². The zero-order valence-corrected chi connectivity index (χ0v) is 10.5. The summed E-state index contributed by atoms with van der Waals surface area (Å²) in [6.07, 6.45) is 0.787. The Hall–Kier alpha value is -1.26. The molecule has 0 aromatic heterocycles. The van der Waals surface area contributed by atoms with Gasteiger partial charge in [0.15, 0.2) is 0 Å². The van der Waals surface area contributed by atoms with Crippen LogP contribution in [0.1, 0.15) is 40.5 Å². The van der Waals surface area contributed by atoms with E-state index in [1.165, 1.54) is 0 Å². The molecule has 0 aliphatic carbocycles. The summed E-state index contributed by atoms with van der Waals surface area (Å²) in [6.45, 7) is 8.26. The summed E-state index contributed by atoms with van der Waals surface area (Å²) in [5.74, 6) is -0.907. The monoisotopic (exact) mass is 230 g/mol. The van der Waals surface area contributed by atoms with Gasteiger partial charge in [0.25, 0.3) is 0 Å². The highest BCUT2D eigenvalue weighted by molar-refractivity contribution is 5.75. The Kier molecular flexibility index (Phi) is 5.85. The third kappa shape index (κ3) is 6.27. The number of hydrogen-bond donors (Lipinski definition) is 3. The number of carbonyl (C=O) groups excluding carboxylic acids is 1. The van der Waals surface area contributed by atoms with Gasteiger partial charge < -0.3 is 15.7 Å². The lowest BCUT2D eigenvalue weighted by atomic mass is 9.85. The molecule has 0 aromatic carbocycles. The number of carbonyl (C=O) groups is 2. The first-order chi connectivity index (χ1) is 7.27. The fourth-order valence-electron chi connectivity index (χ4n) is 1.20. The molecule has 1 unspecified atom stereocenters. The van der Waals surface area contributed by atoms with Gasteiger partial charge in [0.2, 0.25) is 0 Å². The molecular weight excluding hydrogens is 208 g/mol. The Morgan fingerprint density at radius 3 is 2.25 bits per heavy atom. The number of nitrogens with one attached hydrogen (secondary N) is 2. The fourth-order valence-corrected chi connectivity index (χ4v) is 1.20. The quantitative estimate of drug-likeness (QED) is 0.671. The summed E-state index contributed by atoms with van der Waals surface area (Å²) in [4.78, 5) is 22.1. The van der Waals surface area contributed by atoms with E-state index in [9.17, 15) is 9.59 Å². The Balaban J connectivity index is 4.32. The van der Waals surface area contributed by atoms with Crippen molar-refractivity contribution in [1.82, 2.24) is 10.6 Å². The lowest BCUT2D eigenvalue weighted by Crippen LogP contribution is -2.49. The van der Waals surface area contributed by atoms with Crippen molar-refractivity contribution >= 4 is 12.0 Å². The molecule has 2 amide bonds. The third-order valence-corrected chi connectivity index (χ3v) is 2.27. The zero-order valence-electron chi connectivity index (χ0n) is 10.5. The van der Waals surface area contributed by atoms with Crippen LogP contribution in [0, 0.1) is 5.41 Å². The lowest BCUT2D eigenvalue weighted by Gasteiger charge is -2.30. The molecule has 3 N–H and O–H groups in total. The van der Waals surface area contributed by atoms with Crippen LogP contribution in [-0.2, 0) is 4.79 Å². The van der Waals surface area contributed by atoms with E-state index in [2.05, 4.69) is 10.6 Å². The highest BCUT2D eigenvalue weighted by atomic mass is 16.4. The molecule has 0 aliphatic rings. The summed E-state index contributed by atoms with van der Waals surface area (Å²) >= 11 is 0. The average Bonchev–Trinajstić information content (AvgIpc) is 2.11. The van der Waals surface area contributed by atoms with Gasteiger partial charge in [-0.25, -0.2) is 4.79 Å². The molecule has 5 heteroatoms. The summed E-state index contributed by atoms with van der Waals surface area (Å²) in [6, 6.07) is -0.676. The molecule has 1 atom stereocenters. The van der Waals surface area contributed by atoms with Crippen molar-refractivity contribution < 1.29 is 14.7 Å². The second kappa shape index (κ2) is 6.35. The highest BCUT2D eigenvalue weighted by Gasteiger charge is 2.28. The van der Waals surface area contributed by atoms with Gasteiger partial charge in [0.05, 0.1) is 6.42 Å². The largest absolute Gasteiger partial charge is 0.481 e. The molecule has 0 aromatic rings. The highest BCUT2D eigenvalue weighted by Crippen LogP contribution is 2.21. The lowest BCUT2D eigenvalue weighted by molar-refractivity contribution is -0.138. The molecule has 5 nitrogen and oxygen atoms in total. The molecule has 94 valence electrons. The topological polar surface area (TPSA) is 78.4 Å². The minimum atomic E-state index is -0.907. The molecule has 0 saturated carbocycles. The van der Waals surface area contributed by atoms with Gasteiger partial charge in [-0.1, -0.05) is 27.7 Å². The van der Waals surface area contributed by atoms with Crippen LogP contribution >= 0.6 is 0 Å². The number of rotatable bonds is 5. The van der Waals surface area contributed by atoms with E-state index in [0.717, 1.165) is 6.42 Å². The molecule has 0 fully saturated rings. The van der Waals surface area contributed by atoms with E-state index in [1.54, 1.807) is 0 Å². The van der Waals surface area contributed by atoms with Crippen molar-refractivity contribution in [3.05, 3.63) is 0 Å². The summed E-state index contributed by atoms with van der Waals surface area (Å²) in [7, 11) is 0. The van der Waals surface area contributed by atoms with Crippen molar-refractivity contribution in [2.24, 2.45) is 5.41 Å². The first-order valence-electron chi connectivity index (χ1n) is 5.53. The number of amides is 2. The number of carboxylic acid groups (broad SMARTS) is 1. The molecule has 0 rings (SSSR count). The average molecular weight is 230 g/mol. The SMILES string of the molecule is CCCNC(=O)NC(CC(=O)O)C(C)(C)C. The molecule has 0 heterocycles. The smallest absolute Gasteiger partial charge is 0.315 e. The van der Waals surface area contributed by atoms with Crippen molar-refractivity contribution in [1.29, 1.82) is 0 Å². The van der Waals surface area contributed by atoms with Gasteiger partial charge in [-0.15, -0.1) is 0 Å². The van der Waals surface area contributed by atoms with Crippen molar-refractivity contribution in [3.8, 4) is 0 Å². The van der Waals surface area contributed by atoms with Gasteiger partial charge in [-0.05, 0) is 11.8 Å². The predicted octanol–water partition coefficient (Wildman–Crippen LogP) is 1.58. The number of carboxylic acids is 1. The van der Waals surface area contributed by atoms with E-state index >= 15 is 0 Å². The zero-order chi connectivity index (χ0) is 12.8.